The van der Waals surface area contributed by atoms with Crippen LogP contribution in [0.1, 0.15) is 12.8 Å². The van der Waals surface area contributed by atoms with Crippen molar-refractivity contribution in [1.82, 2.24) is 0 Å². The van der Waals surface area contributed by atoms with E-state index in [1.54, 1.807) is 0 Å². The molecule has 1 aromatic carbocycles. The van der Waals surface area contributed by atoms with Gasteiger partial charge in [0.05, 0.1) is 18.1 Å². The topological polar surface area (TPSA) is 87.6 Å². The zero-order valence-electron chi connectivity index (χ0n) is 8.64. The molecule has 1 aromatic rings. The lowest BCUT2D eigenvalue weighted by atomic mass is 10.2. The molecule has 1 aliphatic heterocycles. The van der Waals surface area contributed by atoms with Crippen molar-refractivity contribution < 1.29 is 14.4 Å². The second-order valence-electron chi connectivity index (χ2n) is 3.49. The molecular formula is C10H12N2O4. The minimum Gasteiger partial charge on any atom is -0.490 e. The number of nitrogen functional groups attached to an aromatic ring is 1. The molecule has 0 unspecified atom stereocenters. The van der Waals surface area contributed by atoms with E-state index in [0.29, 0.717) is 19.0 Å². The van der Waals surface area contributed by atoms with Crippen LogP contribution in [0.15, 0.2) is 12.1 Å². The van der Waals surface area contributed by atoms with Gasteiger partial charge in [-0.15, -0.1) is 0 Å². The van der Waals surface area contributed by atoms with Crippen LogP contribution in [0, 0.1) is 10.1 Å². The van der Waals surface area contributed by atoms with E-state index in [4.69, 9.17) is 15.2 Å². The summed E-state index contributed by atoms with van der Waals surface area (Å²) in [5, 5.41) is 10.7. The molecule has 0 bridgehead atoms. The van der Waals surface area contributed by atoms with Crippen LogP contribution >= 0.6 is 0 Å². The summed E-state index contributed by atoms with van der Waals surface area (Å²) in [6.45, 7) is 1.08. The Morgan fingerprint density at radius 1 is 1.25 bits per heavy atom. The molecule has 1 heterocycles. The standard InChI is InChI=1S/C10H12N2O4/c11-9-7(12(13)14)3-4-8-10(9)16-6-2-1-5-15-8/h3-4H,1-2,5-6,11H2. The van der Waals surface area contributed by atoms with Crippen molar-refractivity contribution in [2.75, 3.05) is 18.9 Å². The normalized spacial score (nSPS) is 15.0. The number of nitrogens with two attached hydrogens (primary N) is 1. The fourth-order valence-corrected chi connectivity index (χ4v) is 1.55. The minimum absolute atomic E-state index is 0.0319. The van der Waals surface area contributed by atoms with Gasteiger partial charge in [-0.2, -0.15) is 0 Å². The van der Waals surface area contributed by atoms with Crippen LogP contribution in [0.5, 0.6) is 11.5 Å². The molecule has 0 fully saturated rings. The highest BCUT2D eigenvalue weighted by atomic mass is 16.6. The summed E-state index contributed by atoms with van der Waals surface area (Å²) in [7, 11) is 0. The van der Waals surface area contributed by atoms with Crippen LogP contribution in [-0.2, 0) is 0 Å². The van der Waals surface area contributed by atoms with Gasteiger partial charge in [-0.3, -0.25) is 10.1 Å². The molecule has 0 aromatic heterocycles. The van der Waals surface area contributed by atoms with Crippen molar-refractivity contribution in [3.63, 3.8) is 0 Å². The summed E-state index contributed by atoms with van der Waals surface area (Å²) in [5.74, 6) is 0.761. The molecule has 1 aliphatic rings. The fourth-order valence-electron chi connectivity index (χ4n) is 1.55. The monoisotopic (exact) mass is 224 g/mol. The first-order valence-corrected chi connectivity index (χ1v) is 5.02. The van der Waals surface area contributed by atoms with Gasteiger partial charge in [0.15, 0.2) is 17.2 Å². The lowest BCUT2D eigenvalue weighted by Crippen LogP contribution is -2.10. The van der Waals surface area contributed by atoms with Crippen LogP contribution in [0.3, 0.4) is 0 Å². The van der Waals surface area contributed by atoms with Crippen LogP contribution in [0.25, 0.3) is 0 Å². The maximum absolute atomic E-state index is 10.7. The number of nitro benzene ring substituents is 1. The van der Waals surface area contributed by atoms with Crippen molar-refractivity contribution in [3.8, 4) is 11.5 Å². The number of hydrogen-bond acceptors (Lipinski definition) is 5. The fraction of sp³-hybridized carbons (Fsp3) is 0.400. The third-order valence-corrected chi connectivity index (χ3v) is 2.38. The summed E-state index contributed by atoms with van der Waals surface area (Å²) >= 11 is 0. The smallest absolute Gasteiger partial charge is 0.296 e. The molecule has 0 radical (unpaired) electrons. The highest BCUT2D eigenvalue weighted by molar-refractivity contribution is 5.71. The molecular weight excluding hydrogens is 212 g/mol. The van der Waals surface area contributed by atoms with Crippen molar-refractivity contribution in [3.05, 3.63) is 22.2 Å². The van der Waals surface area contributed by atoms with Gasteiger partial charge in [-0.1, -0.05) is 0 Å². The second-order valence-corrected chi connectivity index (χ2v) is 3.49. The molecule has 0 aliphatic carbocycles. The van der Waals surface area contributed by atoms with Crippen LogP contribution in [-0.4, -0.2) is 18.1 Å². The Balaban J connectivity index is 2.44. The number of nitrogens with zero attached hydrogens (tertiary/aromatic N) is 1. The molecule has 6 heteroatoms. The largest absolute Gasteiger partial charge is 0.490 e. The first-order valence-electron chi connectivity index (χ1n) is 5.02. The number of nitro groups is 1. The van der Waals surface area contributed by atoms with E-state index in [2.05, 4.69) is 0 Å². The number of hydrogen-bond donors (Lipinski definition) is 1. The first kappa shape index (κ1) is 10.5. The van der Waals surface area contributed by atoms with Crippen molar-refractivity contribution in [2.45, 2.75) is 12.8 Å². The maximum atomic E-state index is 10.7. The van der Waals surface area contributed by atoms with Crippen molar-refractivity contribution in [1.29, 1.82) is 0 Å². The van der Waals surface area contributed by atoms with Gasteiger partial charge in [0.2, 0.25) is 0 Å². The Hall–Kier alpha value is -1.98. The predicted octanol–water partition coefficient (Wildman–Crippen LogP) is 1.73. The quantitative estimate of drug-likeness (QED) is 0.446. The van der Waals surface area contributed by atoms with E-state index in [1.807, 2.05) is 0 Å². The SMILES string of the molecule is Nc1c([N+](=O)[O-])ccc2c1OCCCCO2. The predicted molar refractivity (Wildman–Crippen MR) is 57.7 cm³/mol. The molecule has 0 amide bonds. The molecule has 86 valence electrons. The van der Waals surface area contributed by atoms with Crippen LogP contribution in [0.2, 0.25) is 0 Å². The molecule has 0 saturated carbocycles. The Morgan fingerprint density at radius 3 is 2.62 bits per heavy atom. The molecule has 2 rings (SSSR count). The van der Waals surface area contributed by atoms with E-state index in [-0.39, 0.29) is 17.1 Å². The third kappa shape index (κ3) is 1.86. The van der Waals surface area contributed by atoms with Gasteiger partial charge in [-0.05, 0) is 18.9 Å². The summed E-state index contributed by atoms with van der Waals surface area (Å²) in [4.78, 5) is 10.2. The average Bonchev–Trinajstić information content (AvgIpc) is 2.19. The minimum atomic E-state index is -0.530. The zero-order valence-corrected chi connectivity index (χ0v) is 8.64. The van der Waals surface area contributed by atoms with E-state index in [0.717, 1.165) is 12.8 Å². The van der Waals surface area contributed by atoms with Gasteiger partial charge in [0, 0.05) is 6.07 Å². The number of fused-ring (bicyclic) bond motifs is 1. The van der Waals surface area contributed by atoms with Crippen LogP contribution < -0.4 is 15.2 Å². The Bertz CT molecular complexity index is 420. The molecule has 0 spiro atoms. The number of benzene rings is 1. The highest BCUT2D eigenvalue weighted by Gasteiger charge is 2.21. The second kappa shape index (κ2) is 4.26. The van der Waals surface area contributed by atoms with Gasteiger partial charge < -0.3 is 15.2 Å². The van der Waals surface area contributed by atoms with E-state index < -0.39 is 4.92 Å². The Labute approximate surface area is 92.1 Å². The average molecular weight is 224 g/mol. The lowest BCUT2D eigenvalue weighted by Gasteiger charge is -2.17. The van der Waals surface area contributed by atoms with Crippen molar-refractivity contribution >= 4 is 11.4 Å². The number of anilines is 1. The summed E-state index contributed by atoms with van der Waals surface area (Å²) < 4.78 is 10.8. The van der Waals surface area contributed by atoms with Gasteiger partial charge >= 0.3 is 0 Å². The molecule has 0 atom stereocenters. The summed E-state index contributed by atoms with van der Waals surface area (Å²) in [6.07, 6.45) is 1.75. The number of rotatable bonds is 1. The highest BCUT2D eigenvalue weighted by Crippen LogP contribution is 2.40. The van der Waals surface area contributed by atoms with E-state index in [1.165, 1.54) is 12.1 Å². The first-order chi connectivity index (χ1) is 7.70. The molecule has 2 N–H and O–H groups in total. The number of ether oxygens (including phenoxy) is 2. The van der Waals surface area contributed by atoms with E-state index >= 15 is 0 Å². The van der Waals surface area contributed by atoms with E-state index in [9.17, 15) is 10.1 Å². The Morgan fingerprint density at radius 2 is 1.94 bits per heavy atom. The zero-order chi connectivity index (χ0) is 11.5. The summed E-state index contributed by atoms with van der Waals surface area (Å²) in [5.41, 5.74) is 5.56. The summed E-state index contributed by atoms with van der Waals surface area (Å²) in [6, 6.07) is 2.86. The Kier molecular flexibility index (Phi) is 2.80. The molecule has 16 heavy (non-hydrogen) atoms. The molecule has 6 nitrogen and oxygen atoms in total. The van der Waals surface area contributed by atoms with Gasteiger partial charge in [0.1, 0.15) is 0 Å². The third-order valence-electron chi connectivity index (χ3n) is 2.38. The maximum Gasteiger partial charge on any atom is 0.296 e. The lowest BCUT2D eigenvalue weighted by molar-refractivity contribution is -0.384. The van der Waals surface area contributed by atoms with Gasteiger partial charge in [-0.25, -0.2) is 0 Å². The van der Waals surface area contributed by atoms with Gasteiger partial charge in [0.25, 0.3) is 5.69 Å². The molecule has 0 saturated heterocycles. The van der Waals surface area contributed by atoms with Crippen LogP contribution in [0.4, 0.5) is 11.4 Å². The van der Waals surface area contributed by atoms with Crippen molar-refractivity contribution in [2.24, 2.45) is 0 Å².